The van der Waals surface area contributed by atoms with Gasteiger partial charge in [0, 0.05) is 11.8 Å². The fourth-order valence-corrected chi connectivity index (χ4v) is 2.16. The van der Waals surface area contributed by atoms with Crippen LogP contribution in [0.5, 0.6) is 11.5 Å². The number of hydrogen-bond donors (Lipinski definition) is 3. The van der Waals surface area contributed by atoms with Gasteiger partial charge in [0.2, 0.25) is 0 Å². The second-order valence-corrected chi connectivity index (χ2v) is 4.69. The number of nitrogens with zero attached hydrogens (tertiary/aromatic N) is 1. The highest BCUT2D eigenvalue weighted by Crippen LogP contribution is 2.29. The molecule has 0 aliphatic carbocycles. The summed E-state index contributed by atoms with van der Waals surface area (Å²) in [6.45, 7) is 2.33. The summed E-state index contributed by atoms with van der Waals surface area (Å²) < 4.78 is 5.33. The lowest BCUT2D eigenvalue weighted by molar-refractivity contribution is 0.318. The number of rotatable bonds is 4. The number of benzene rings is 2. The first-order valence-electron chi connectivity index (χ1n) is 6.88. The van der Waals surface area contributed by atoms with Crippen LogP contribution in [0.25, 0.3) is 11.0 Å². The van der Waals surface area contributed by atoms with Gasteiger partial charge in [0.05, 0.1) is 23.3 Å². The molecule has 0 aliphatic heterocycles. The smallest absolute Gasteiger partial charge is 0.323 e. The van der Waals surface area contributed by atoms with E-state index in [9.17, 15) is 9.90 Å². The zero-order valence-electron chi connectivity index (χ0n) is 12.0. The fraction of sp³-hybridized carbons (Fsp3) is 0.125. The van der Waals surface area contributed by atoms with Gasteiger partial charge < -0.3 is 19.8 Å². The van der Waals surface area contributed by atoms with Crippen LogP contribution in [0.2, 0.25) is 0 Å². The molecule has 112 valence electrons. The van der Waals surface area contributed by atoms with Gasteiger partial charge in [0.15, 0.2) is 11.5 Å². The van der Waals surface area contributed by atoms with E-state index in [1.54, 1.807) is 42.6 Å². The number of ether oxygens (including phenoxy) is 1. The average molecular weight is 297 g/mol. The fourth-order valence-electron chi connectivity index (χ4n) is 2.16. The third kappa shape index (κ3) is 2.71. The largest absolute Gasteiger partial charge is 0.504 e. The highest BCUT2D eigenvalue weighted by Gasteiger charge is 2.06. The monoisotopic (exact) mass is 297 g/mol. The van der Waals surface area contributed by atoms with E-state index < -0.39 is 0 Å². The van der Waals surface area contributed by atoms with Crippen molar-refractivity contribution in [1.29, 1.82) is 0 Å². The number of aliphatic imine (C=N–C) groups is 1. The van der Waals surface area contributed by atoms with Crippen molar-refractivity contribution in [3.05, 3.63) is 52.4 Å². The Morgan fingerprint density at radius 2 is 2.05 bits per heavy atom. The summed E-state index contributed by atoms with van der Waals surface area (Å²) in [7, 11) is 0. The molecule has 1 aromatic heterocycles. The Balaban J connectivity index is 1.92. The minimum atomic E-state index is -0.252. The van der Waals surface area contributed by atoms with Crippen molar-refractivity contribution in [2.45, 2.75) is 6.92 Å². The number of aromatic amines is 2. The lowest BCUT2D eigenvalue weighted by atomic mass is 10.2. The quantitative estimate of drug-likeness (QED) is 0.647. The van der Waals surface area contributed by atoms with Crippen molar-refractivity contribution in [3.8, 4) is 11.5 Å². The molecule has 0 aliphatic rings. The summed E-state index contributed by atoms with van der Waals surface area (Å²) in [5, 5.41) is 10.1. The average Bonchev–Trinajstić information content (AvgIpc) is 2.87. The van der Waals surface area contributed by atoms with Crippen molar-refractivity contribution in [2.24, 2.45) is 4.99 Å². The van der Waals surface area contributed by atoms with Gasteiger partial charge in [-0.1, -0.05) is 6.07 Å². The molecule has 6 nitrogen and oxygen atoms in total. The zero-order valence-corrected chi connectivity index (χ0v) is 12.0. The summed E-state index contributed by atoms with van der Waals surface area (Å²) in [5.74, 6) is 0.487. The van der Waals surface area contributed by atoms with Crippen molar-refractivity contribution >= 4 is 22.9 Å². The maximum atomic E-state index is 11.2. The van der Waals surface area contributed by atoms with Crippen molar-refractivity contribution in [2.75, 3.05) is 6.61 Å². The van der Waals surface area contributed by atoms with Crippen LogP contribution in [0.3, 0.4) is 0 Å². The number of aromatic hydroxyl groups is 1. The number of fused-ring (bicyclic) bond motifs is 1. The van der Waals surface area contributed by atoms with E-state index in [2.05, 4.69) is 15.0 Å². The molecule has 0 fully saturated rings. The van der Waals surface area contributed by atoms with Gasteiger partial charge in [-0.2, -0.15) is 0 Å². The van der Waals surface area contributed by atoms with Crippen LogP contribution in [-0.4, -0.2) is 27.9 Å². The predicted octanol–water partition coefficient (Wildman–Crippen LogP) is 2.71. The van der Waals surface area contributed by atoms with Gasteiger partial charge in [-0.05, 0) is 37.3 Å². The van der Waals surface area contributed by atoms with E-state index in [-0.39, 0.29) is 11.4 Å². The Hall–Kier alpha value is -3.02. The summed E-state index contributed by atoms with van der Waals surface area (Å²) in [6.07, 6.45) is 1.56. The predicted molar refractivity (Wildman–Crippen MR) is 85.4 cm³/mol. The molecule has 22 heavy (non-hydrogen) atoms. The second kappa shape index (κ2) is 5.77. The Labute approximate surface area is 126 Å². The Morgan fingerprint density at radius 3 is 2.86 bits per heavy atom. The van der Waals surface area contributed by atoms with Gasteiger partial charge in [-0.15, -0.1) is 0 Å². The van der Waals surface area contributed by atoms with E-state index in [1.165, 1.54) is 0 Å². The molecule has 0 unspecified atom stereocenters. The number of H-pyrrole nitrogens is 2. The highest BCUT2D eigenvalue weighted by molar-refractivity contribution is 5.87. The molecular formula is C16H15N3O3. The van der Waals surface area contributed by atoms with Crippen LogP contribution in [0.15, 0.2) is 46.2 Å². The van der Waals surface area contributed by atoms with Crippen LogP contribution in [0.4, 0.5) is 5.69 Å². The molecule has 3 N–H and O–H groups in total. The van der Waals surface area contributed by atoms with Crippen LogP contribution < -0.4 is 10.4 Å². The summed E-state index contributed by atoms with van der Waals surface area (Å²) in [4.78, 5) is 20.9. The maximum absolute atomic E-state index is 11.2. The Bertz CT molecular complexity index is 893. The lowest BCUT2D eigenvalue weighted by Crippen LogP contribution is -1.99. The third-order valence-electron chi connectivity index (χ3n) is 3.18. The van der Waals surface area contributed by atoms with E-state index >= 15 is 0 Å². The molecule has 0 amide bonds. The van der Waals surface area contributed by atoms with E-state index in [0.717, 1.165) is 5.52 Å². The Morgan fingerprint density at radius 1 is 1.23 bits per heavy atom. The minimum Gasteiger partial charge on any atom is -0.504 e. The maximum Gasteiger partial charge on any atom is 0.323 e. The van der Waals surface area contributed by atoms with Crippen LogP contribution in [-0.2, 0) is 0 Å². The molecule has 0 atom stereocenters. The minimum absolute atomic E-state index is 0.0595. The molecule has 3 aromatic rings. The second-order valence-electron chi connectivity index (χ2n) is 4.69. The molecule has 1 heterocycles. The Kier molecular flexibility index (Phi) is 3.65. The number of phenolic OH excluding ortho intramolecular Hbond substituents is 1. The van der Waals surface area contributed by atoms with Gasteiger partial charge in [-0.25, -0.2) is 4.79 Å². The number of nitrogens with one attached hydrogen (secondary N) is 2. The first kappa shape index (κ1) is 13.9. The van der Waals surface area contributed by atoms with Gasteiger partial charge >= 0.3 is 5.69 Å². The number of imidazole rings is 1. The molecule has 2 aromatic carbocycles. The van der Waals surface area contributed by atoms with Crippen molar-refractivity contribution in [1.82, 2.24) is 9.97 Å². The van der Waals surface area contributed by atoms with E-state index in [1.807, 2.05) is 6.92 Å². The van der Waals surface area contributed by atoms with Gasteiger partial charge in [-0.3, -0.25) is 4.99 Å². The van der Waals surface area contributed by atoms with Crippen LogP contribution >= 0.6 is 0 Å². The lowest BCUT2D eigenvalue weighted by Gasteiger charge is -2.07. The molecule has 0 radical (unpaired) electrons. The summed E-state index contributed by atoms with van der Waals surface area (Å²) in [5.41, 5.74) is 2.40. The van der Waals surface area contributed by atoms with Crippen molar-refractivity contribution < 1.29 is 9.84 Å². The standard InChI is InChI=1S/C16H15N3O3/c1-2-22-14-5-3-4-10(15(14)20)9-17-11-6-7-12-13(8-11)19-16(21)18-12/h3-9,20H,2H2,1H3,(H2,18,19,21). The molecule has 0 saturated heterocycles. The highest BCUT2D eigenvalue weighted by atomic mass is 16.5. The van der Waals surface area contributed by atoms with Gasteiger partial charge in [0.1, 0.15) is 0 Å². The SMILES string of the molecule is CCOc1cccc(C=Nc2ccc3[nH]c(=O)[nH]c3c2)c1O. The van der Waals surface area contributed by atoms with E-state index in [0.29, 0.717) is 29.1 Å². The first-order chi connectivity index (χ1) is 10.7. The molecular weight excluding hydrogens is 282 g/mol. The summed E-state index contributed by atoms with van der Waals surface area (Å²) in [6, 6.07) is 10.6. The first-order valence-corrected chi connectivity index (χ1v) is 6.88. The van der Waals surface area contributed by atoms with Crippen molar-refractivity contribution in [3.63, 3.8) is 0 Å². The molecule has 0 saturated carbocycles. The molecule has 0 bridgehead atoms. The normalized spacial score (nSPS) is 11.3. The zero-order chi connectivity index (χ0) is 15.5. The van der Waals surface area contributed by atoms with Gasteiger partial charge in [0.25, 0.3) is 0 Å². The summed E-state index contributed by atoms with van der Waals surface area (Å²) >= 11 is 0. The molecule has 3 rings (SSSR count). The molecule has 0 spiro atoms. The van der Waals surface area contributed by atoms with E-state index in [4.69, 9.17) is 4.74 Å². The topological polar surface area (TPSA) is 90.5 Å². The number of aromatic nitrogens is 2. The van der Waals surface area contributed by atoms with Crippen LogP contribution in [0.1, 0.15) is 12.5 Å². The molecule has 6 heteroatoms. The number of para-hydroxylation sites is 1. The van der Waals surface area contributed by atoms with Crippen LogP contribution in [0, 0.1) is 0 Å². The number of hydrogen-bond acceptors (Lipinski definition) is 4. The third-order valence-corrected chi connectivity index (χ3v) is 3.18. The number of phenols is 1.